The van der Waals surface area contributed by atoms with Crippen LogP contribution in [0.5, 0.6) is 0 Å². The molecule has 0 fully saturated rings. The van der Waals surface area contributed by atoms with Crippen molar-refractivity contribution < 1.29 is 0 Å². The lowest BCUT2D eigenvalue weighted by Crippen LogP contribution is -1.94. The molecule has 4 nitrogen and oxygen atoms in total. The summed E-state index contributed by atoms with van der Waals surface area (Å²) in [5.41, 5.74) is 3.95. The lowest BCUT2D eigenvalue weighted by Gasteiger charge is -2.00. The lowest BCUT2D eigenvalue weighted by molar-refractivity contribution is 0.775. The Labute approximate surface area is 107 Å². The summed E-state index contributed by atoms with van der Waals surface area (Å²) >= 11 is 0. The van der Waals surface area contributed by atoms with Gasteiger partial charge in [0.2, 0.25) is 0 Å². The number of nitrogens with zero attached hydrogens (tertiary/aromatic N) is 4. The minimum atomic E-state index is 0.890. The summed E-state index contributed by atoms with van der Waals surface area (Å²) < 4.78 is 3.63. The second kappa shape index (κ2) is 4.87. The molecule has 0 aromatic carbocycles. The molecule has 92 valence electrons. The normalized spacial score (nSPS) is 11.6. The van der Waals surface area contributed by atoms with Gasteiger partial charge in [-0.25, -0.2) is 4.68 Å². The highest BCUT2D eigenvalue weighted by molar-refractivity contribution is 5.65. The average molecular weight is 240 g/mol. The van der Waals surface area contributed by atoms with Gasteiger partial charge in [-0.05, 0) is 25.1 Å². The molecule has 2 aromatic heterocycles. The molecule has 2 rings (SSSR count). The van der Waals surface area contributed by atoms with Crippen molar-refractivity contribution in [3.63, 3.8) is 0 Å². The Morgan fingerprint density at radius 1 is 1.39 bits per heavy atom. The summed E-state index contributed by atoms with van der Waals surface area (Å²) in [6, 6.07) is 1.97. The van der Waals surface area contributed by atoms with Gasteiger partial charge in [-0.3, -0.25) is 4.68 Å². The molecule has 2 heterocycles. The molecule has 18 heavy (non-hydrogen) atoms. The number of aromatic nitrogens is 4. The Bertz CT molecular complexity index is 614. The third-order valence-electron chi connectivity index (χ3n) is 2.76. The first-order valence-corrected chi connectivity index (χ1v) is 5.67. The minimum Gasteiger partial charge on any atom is -0.268 e. The van der Waals surface area contributed by atoms with Crippen LogP contribution in [0.2, 0.25) is 0 Å². The molecule has 0 saturated heterocycles. The molecule has 0 saturated carbocycles. The molecule has 0 N–H and O–H groups in total. The largest absolute Gasteiger partial charge is 0.268 e. The Morgan fingerprint density at radius 3 is 2.72 bits per heavy atom. The van der Waals surface area contributed by atoms with E-state index >= 15 is 0 Å². The lowest BCUT2D eigenvalue weighted by atomic mass is 10.2. The molecule has 0 aliphatic heterocycles. The second-order valence-corrected chi connectivity index (χ2v) is 3.94. The maximum absolute atomic E-state index is 4.49. The Kier molecular flexibility index (Phi) is 3.28. The standard InChI is InChI=1S/C14H16N4/c1-5-7-12(6-2)18-10-13(11(3)16-18)14-8-9-15-17(14)4/h5-10H,1-2H2,3-4H3/b12-7+. The zero-order valence-electron chi connectivity index (χ0n) is 10.7. The summed E-state index contributed by atoms with van der Waals surface area (Å²) in [6.45, 7) is 9.45. The van der Waals surface area contributed by atoms with Crippen molar-refractivity contribution in [2.45, 2.75) is 6.92 Å². The highest BCUT2D eigenvalue weighted by Crippen LogP contribution is 2.23. The molecular formula is C14H16N4. The van der Waals surface area contributed by atoms with E-state index in [1.165, 1.54) is 0 Å². The highest BCUT2D eigenvalue weighted by atomic mass is 15.3. The van der Waals surface area contributed by atoms with Crippen LogP contribution < -0.4 is 0 Å². The first-order valence-electron chi connectivity index (χ1n) is 5.67. The first-order chi connectivity index (χ1) is 8.67. The minimum absolute atomic E-state index is 0.890. The SMILES string of the molecule is C=C/C=C(\C=C)n1cc(-c2ccnn2C)c(C)n1. The van der Waals surface area contributed by atoms with Gasteiger partial charge in [-0.2, -0.15) is 10.2 Å². The molecule has 0 aliphatic rings. The number of aryl methyl sites for hydroxylation is 2. The van der Waals surface area contributed by atoms with Gasteiger partial charge in [0.25, 0.3) is 0 Å². The van der Waals surface area contributed by atoms with Crippen LogP contribution in [0.15, 0.2) is 49.8 Å². The van der Waals surface area contributed by atoms with E-state index in [-0.39, 0.29) is 0 Å². The maximum Gasteiger partial charge on any atom is 0.0713 e. The van der Waals surface area contributed by atoms with Crippen molar-refractivity contribution in [2.24, 2.45) is 7.05 Å². The van der Waals surface area contributed by atoms with Crippen LogP contribution in [-0.4, -0.2) is 19.6 Å². The molecule has 0 bridgehead atoms. The quantitative estimate of drug-likeness (QED) is 0.770. The summed E-state index contributed by atoms with van der Waals surface area (Å²) in [6.07, 6.45) is 9.09. The third-order valence-corrected chi connectivity index (χ3v) is 2.76. The van der Waals surface area contributed by atoms with Gasteiger partial charge >= 0.3 is 0 Å². The van der Waals surface area contributed by atoms with E-state index in [0.717, 1.165) is 22.6 Å². The predicted octanol–water partition coefficient (Wildman–Crippen LogP) is 2.80. The van der Waals surface area contributed by atoms with Gasteiger partial charge in [0, 0.05) is 25.0 Å². The predicted molar refractivity (Wildman–Crippen MR) is 73.8 cm³/mol. The summed E-state index contributed by atoms with van der Waals surface area (Å²) in [7, 11) is 1.92. The fraction of sp³-hybridized carbons (Fsp3) is 0.143. The van der Waals surface area contributed by atoms with Gasteiger partial charge < -0.3 is 0 Å². The summed E-state index contributed by atoms with van der Waals surface area (Å²) in [4.78, 5) is 0. The van der Waals surface area contributed by atoms with Gasteiger partial charge in [0.05, 0.1) is 17.1 Å². The third kappa shape index (κ3) is 2.05. The maximum atomic E-state index is 4.49. The average Bonchev–Trinajstić information content (AvgIpc) is 2.92. The Hall–Kier alpha value is -2.36. The number of hydrogen-bond donors (Lipinski definition) is 0. The van der Waals surface area contributed by atoms with Crippen molar-refractivity contribution in [1.82, 2.24) is 19.6 Å². The fourth-order valence-corrected chi connectivity index (χ4v) is 1.84. The second-order valence-electron chi connectivity index (χ2n) is 3.94. The summed E-state index contributed by atoms with van der Waals surface area (Å²) in [5, 5.41) is 8.66. The van der Waals surface area contributed by atoms with Gasteiger partial charge in [0.1, 0.15) is 0 Å². The van der Waals surface area contributed by atoms with E-state index in [1.807, 2.05) is 37.0 Å². The molecule has 0 spiro atoms. The first kappa shape index (κ1) is 12.1. The van der Waals surface area contributed by atoms with E-state index in [9.17, 15) is 0 Å². The summed E-state index contributed by atoms with van der Waals surface area (Å²) in [5.74, 6) is 0. The van der Waals surface area contributed by atoms with Crippen molar-refractivity contribution >= 4 is 5.70 Å². The van der Waals surface area contributed by atoms with Crippen LogP contribution in [0.25, 0.3) is 17.0 Å². The van der Waals surface area contributed by atoms with E-state index in [1.54, 1.807) is 23.0 Å². The van der Waals surface area contributed by atoms with Crippen LogP contribution >= 0.6 is 0 Å². The van der Waals surface area contributed by atoms with Crippen LogP contribution in [0.1, 0.15) is 5.69 Å². The molecule has 0 amide bonds. The topological polar surface area (TPSA) is 35.6 Å². The highest BCUT2D eigenvalue weighted by Gasteiger charge is 2.11. The smallest absolute Gasteiger partial charge is 0.0713 e. The molecule has 0 unspecified atom stereocenters. The van der Waals surface area contributed by atoms with Crippen molar-refractivity contribution in [3.8, 4) is 11.3 Å². The van der Waals surface area contributed by atoms with Crippen LogP contribution in [-0.2, 0) is 7.05 Å². The zero-order valence-corrected chi connectivity index (χ0v) is 10.7. The van der Waals surface area contributed by atoms with Crippen molar-refractivity contribution in [1.29, 1.82) is 0 Å². The van der Waals surface area contributed by atoms with Crippen LogP contribution in [0, 0.1) is 6.92 Å². The fourth-order valence-electron chi connectivity index (χ4n) is 1.84. The molecule has 0 radical (unpaired) electrons. The zero-order chi connectivity index (χ0) is 13.1. The van der Waals surface area contributed by atoms with E-state index < -0.39 is 0 Å². The van der Waals surface area contributed by atoms with Gasteiger partial charge in [-0.1, -0.05) is 19.2 Å². The molecule has 4 heteroatoms. The van der Waals surface area contributed by atoms with E-state index in [0.29, 0.717) is 0 Å². The van der Waals surface area contributed by atoms with Gasteiger partial charge in [-0.15, -0.1) is 0 Å². The Morgan fingerprint density at radius 2 is 2.17 bits per heavy atom. The van der Waals surface area contributed by atoms with Gasteiger partial charge in [0.15, 0.2) is 0 Å². The monoisotopic (exact) mass is 240 g/mol. The van der Waals surface area contributed by atoms with E-state index in [4.69, 9.17) is 0 Å². The number of rotatable bonds is 4. The van der Waals surface area contributed by atoms with Crippen molar-refractivity contribution in [2.75, 3.05) is 0 Å². The molecule has 0 aliphatic carbocycles. The molecule has 0 atom stereocenters. The van der Waals surface area contributed by atoms with E-state index in [2.05, 4.69) is 23.4 Å². The number of allylic oxidation sites excluding steroid dienone is 4. The molecule has 2 aromatic rings. The number of hydrogen-bond acceptors (Lipinski definition) is 2. The molecular weight excluding hydrogens is 224 g/mol. The van der Waals surface area contributed by atoms with Crippen LogP contribution in [0.4, 0.5) is 0 Å². The van der Waals surface area contributed by atoms with Crippen molar-refractivity contribution in [3.05, 3.63) is 55.5 Å². The van der Waals surface area contributed by atoms with Crippen LogP contribution in [0.3, 0.4) is 0 Å². The Balaban J connectivity index is 2.51.